The number of likely N-dealkylation sites (tertiary alicyclic amines) is 1. The van der Waals surface area contributed by atoms with Crippen LogP contribution in [0.25, 0.3) is 0 Å². The number of amides is 2. The van der Waals surface area contributed by atoms with Crippen molar-refractivity contribution in [2.75, 3.05) is 53.5 Å². The van der Waals surface area contributed by atoms with Crippen LogP contribution in [0.2, 0.25) is 0 Å². The van der Waals surface area contributed by atoms with Gasteiger partial charge in [0, 0.05) is 27.2 Å². The van der Waals surface area contributed by atoms with E-state index >= 15 is 0 Å². The van der Waals surface area contributed by atoms with E-state index in [9.17, 15) is 9.59 Å². The van der Waals surface area contributed by atoms with Crippen molar-refractivity contribution in [2.24, 2.45) is 5.41 Å². The van der Waals surface area contributed by atoms with Gasteiger partial charge < -0.3 is 19.9 Å². The van der Waals surface area contributed by atoms with Crippen molar-refractivity contribution in [1.82, 2.24) is 15.1 Å². The van der Waals surface area contributed by atoms with Crippen LogP contribution < -0.4 is 5.32 Å². The van der Waals surface area contributed by atoms with Crippen molar-refractivity contribution in [3.63, 3.8) is 0 Å². The standard InChI is InChI=1S/C15H27N3O3/c1-17(11-13(19)18-9-3-4-10-18)14(20)15(12-21-2)5-7-16-8-6-15/h16H,3-12H2,1-2H3. The highest BCUT2D eigenvalue weighted by Gasteiger charge is 2.41. The van der Waals surface area contributed by atoms with Crippen LogP contribution in [0.5, 0.6) is 0 Å². The third-order valence-corrected chi connectivity index (χ3v) is 4.61. The predicted molar refractivity (Wildman–Crippen MR) is 79.9 cm³/mol. The lowest BCUT2D eigenvalue weighted by Crippen LogP contribution is -2.52. The number of nitrogens with one attached hydrogen (secondary N) is 1. The monoisotopic (exact) mass is 297 g/mol. The highest BCUT2D eigenvalue weighted by molar-refractivity contribution is 5.88. The summed E-state index contributed by atoms with van der Waals surface area (Å²) in [6.45, 7) is 3.90. The first-order valence-corrected chi connectivity index (χ1v) is 7.82. The molecule has 2 amide bonds. The molecule has 1 N–H and O–H groups in total. The van der Waals surface area contributed by atoms with Gasteiger partial charge in [-0.1, -0.05) is 0 Å². The Kier molecular flexibility index (Phi) is 5.58. The molecule has 2 saturated heterocycles. The van der Waals surface area contributed by atoms with Gasteiger partial charge in [0.25, 0.3) is 0 Å². The van der Waals surface area contributed by atoms with Gasteiger partial charge in [-0.05, 0) is 38.8 Å². The van der Waals surface area contributed by atoms with Gasteiger partial charge in [0.2, 0.25) is 11.8 Å². The highest BCUT2D eigenvalue weighted by atomic mass is 16.5. The molecule has 0 aromatic rings. The second kappa shape index (κ2) is 7.22. The fourth-order valence-corrected chi connectivity index (χ4v) is 3.35. The number of piperidine rings is 1. The van der Waals surface area contributed by atoms with Gasteiger partial charge in [-0.3, -0.25) is 9.59 Å². The molecule has 2 aliphatic rings. The van der Waals surface area contributed by atoms with Gasteiger partial charge in [-0.25, -0.2) is 0 Å². The van der Waals surface area contributed by atoms with E-state index in [4.69, 9.17) is 4.74 Å². The summed E-state index contributed by atoms with van der Waals surface area (Å²) in [6, 6.07) is 0. The maximum absolute atomic E-state index is 12.8. The van der Waals surface area contributed by atoms with E-state index in [0.717, 1.165) is 51.9 Å². The van der Waals surface area contributed by atoms with Gasteiger partial charge in [0.15, 0.2) is 0 Å². The van der Waals surface area contributed by atoms with Gasteiger partial charge in [0.1, 0.15) is 0 Å². The van der Waals surface area contributed by atoms with E-state index in [1.165, 1.54) is 0 Å². The van der Waals surface area contributed by atoms with E-state index in [0.29, 0.717) is 6.61 Å². The molecule has 0 spiro atoms. The lowest BCUT2D eigenvalue weighted by Gasteiger charge is -2.38. The molecule has 0 bridgehead atoms. The third-order valence-electron chi connectivity index (χ3n) is 4.61. The number of hydrogen-bond acceptors (Lipinski definition) is 4. The second-order valence-corrected chi connectivity index (χ2v) is 6.21. The van der Waals surface area contributed by atoms with Crippen molar-refractivity contribution in [3.05, 3.63) is 0 Å². The average Bonchev–Trinajstić information content (AvgIpc) is 3.02. The Hall–Kier alpha value is -1.14. The van der Waals surface area contributed by atoms with Gasteiger partial charge in [-0.15, -0.1) is 0 Å². The summed E-state index contributed by atoms with van der Waals surface area (Å²) in [5.74, 6) is 0.100. The Morgan fingerprint density at radius 2 is 1.86 bits per heavy atom. The van der Waals surface area contributed by atoms with Crippen LogP contribution in [0, 0.1) is 5.41 Å². The minimum atomic E-state index is -0.472. The summed E-state index contributed by atoms with van der Waals surface area (Å²) in [6.07, 6.45) is 3.68. The Morgan fingerprint density at radius 1 is 1.24 bits per heavy atom. The molecule has 0 aromatic heterocycles. The largest absolute Gasteiger partial charge is 0.384 e. The molecule has 6 heteroatoms. The van der Waals surface area contributed by atoms with Crippen molar-refractivity contribution in [2.45, 2.75) is 25.7 Å². The molecule has 120 valence electrons. The number of hydrogen-bond donors (Lipinski definition) is 1. The number of rotatable bonds is 5. The van der Waals surface area contributed by atoms with Gasteiger partial charge in [0.05, 0.1) is 18.6 Å². The summed E-state index contributed by atoms with van der Waals surface area (Å²) in [7, 11) is 3.36. The first-order valence-electron chi connectivity index (χ1n) is 7.82. The van der Waals surface area contributed by atoms with Gasteiger partial charge in [-0.2, -0.15) is 0 Å². The Bertz CT molecular complexity index is 369. The number of carbonyl (C=O) groups excluding carboxylic acids is 2. The van der Waals surface area contributed by atoms with Crippen molar-refractivity contribution < 1.29 is 14.3 Å². The molecule has 6 nitrogen and oxygen atoms in total. The van der Waals surface area contributed by atoms with Crippen LogP contribution in [0.1, 0.15) is 25.7 Å². The smallest absolute Gasteiger partial charge is 0.242 e. The van der Waals surface area contributed by atoms with E-state index in [2.05, 4.69) is 5.32 Å². The quantitative estimate of drug-likeness (QED) is 0.781. The minimum Gasteiger partial charge on any atom is -0.384 e. The molecule has 2 fully saturated rings. The minimum absolute atomic E-state index is 0.0402. The number of methoxy groups -OCH3 is 1. The Labute approximate surface area is 126 Å². The lowest BCUT2D eigenvalue weighted by molar-refractivity contribution is -0.150. The summed E-state index contributed by atoms with van der Waals surface area (Å²) < 4.78 is 5.29. The second-order valence-electron chi connectivity index (χ2n) is 6.21. The number of carbonyl (C=O) groups is 2. The zero-order valence-electron chi connectivity index (χ0n) is 13.2. The van der Waals surface area contributed by atoms with Gasteiger partial charge >= 0.3 is 0 Å². The lowest BCUT2D eigenvalue weighted by atomic mass is 9.78. The maximum Gasteiger partial charge on any atom is 0.242 e. The first-order chi connectivity index (χ1) is 10.1. The van der Waals surface area contributed by atoms with Crippen molar-refractivity contribution >= 4 is 11.8 Å². The molecule has 0 aliphatic carbocycles. The Balaban J connectivity index is 1.96. The normalized spacial score (nSPS) is 21.3. The summed E-state index contributed by atoms with van der Waals surface area (Å²) in [5.41, 5.74) is -0.472. The zero-order chi connectivity index (χ0) is 15.3. The molecule has 2 rings (SSSR count). The zero-order valence-corrected chi connectivity index (χ0v) is 13.2. The number of ether oxygens (including phenoxy) is 1. The fourth-order valence-electron chi connectivity index (χ4n) is 3.35. The van der Waals surface area contributed by atoms with Crippen LogP contribution in [0.4, 0.5) is 0 Å². The van der Waals surface area contributed by atoms with Crippen LogP contribution in [0.3, 0.4) is 0 Å². The molecule has 0 aromatic carbocycles. The maximum atomic E-state index is 12.8. The van der Waals surface area contributed by atoms with Crippen LogP contribution >= 0.6 is 0 Å². The molecular weight excluding hydrogens is 270 g/mol. The molecular formula is C15H27N3O3. The van der Waals surface area contributed by atoms with Crippen LogP contribution in [-0.2, 0) is 14.3 Å². The Morgan fingerprint density at radius 3 is 2.43 bits per heavy atom. The average molecular weight is 297 g/mol. The molecule has 2 heterocycles. The van der Waals surface area contributed by atoms with E-state index < -0.39 is 5.41 Å². The number of likely N-dealkylation sites (N-methyl/N-ethyl adjacent to an activating group) is 1. The van der Waals surface area contributed by atoms with E-state index in [-0.39, 0.29) is 18.4 Å². The summed E-state index contributed by atoms with van der Waals surface area (Å²) >= 11 is 0. The van der Waals surface area contributed by atoms with Crippen LogP contribution in [-0.4, -0.2) is 75.1 Å². The highest BCUT2D eigenvalue weighted by Crippen LogP contribution is 2.31. The summed E-state index contributed by atoms with van der Waals surface area (Å²) in [5, 5.41) is 3.28. The van der Waals surface area contributed by atoms with Crippen molar-refractivity contribution in [1.29, 1.82) is 0 Å². The van der Waals surface area contributed by atoms with Crippen molar-refractivity contribution in [3.8, 4) is 0 Å². The predicted octanol–water partition coefficient (Wildman–Crippen LogP) is 0.0834. The van der Waals surface area contributed by atoms with E-state index in [1.54, 1.807) is 19.1 Å². The third kappa shape index (κ3) is 3.74. The molecule has 2 aliphatic heterocycles. The first kappa shape index (κ1) is 16.2. The van der Waals surface area contributed by atoms with E-state index in [1.807, 2.05) is 4.90 Å². The molecule has 0 saturated carbocycles. The molecule has 0 unspecified atom stereocenters. The topological polar surface area (TPSA) is 61.9 Å². The summed E-state index contributed by atoms with van der Waals surface area (Å²) in [4.78, 5) is 28.4. The number of nitrogens with zero attached hydrogens (tertiary/aromatic N) is 2. The van der Waals surface area contributed by atoms with Crippen LogP contribution in [0.15, 0.2) is 0 Å². The molecule has 0 radical (unpaired) electrons. The molecule has 21 heavy (non-hydrogen) atoms. The molecule has 0 atom stereocenters. The fraction of sp³-hybridized carbons (Fsp3) is 0.867. The SMILES string of the molecule is COCC1(C(=O)N(C)CC(=O)N2CCCC2)CCNCC1.